The number of carbonyl (C=O) groups excluding carboxylic acids is 4. The fourth-order valence-electron chi connectivity index (χ4n) is 3.41. The number of carbonyl (C=O) groups is 4. The normalized spacial score (nSPS) is 21.8. The first-order chi connectivity index (χ1) is 12.8. The molecule has 0 aliphatic carbocycles. The number of nitrogens with one attached hydrogen (secondary N) is 1. The number of esters is 1. The summed E-state index contributed by atoms with van der Waals surface area (Å²) < 4.78 is 18.5. The number of nitrogens with two attached hydrogens (primary N) is 1. The number of piperidine rings is 1. The first-order valence-electron chi connectivity index (χ1n) is 8.68. The highest BCUT2D eigenvalue weighted by Crippen LogP contribution is 2.33. The average Bonchev–Trinajstić information content (AvgIpc) is 2.64. The van der Waals surface area contributed by atoms with Crippen molar-refractivity contribution in [3.63, 3.8) is 0 Å². The van der Waals surface area contributed by atoms with E-state index >= 15 is 0 Å². The largest absolute Gasteiger partial charge is 0.455 e. The molecule has 0 aromatic heterocycles. The van der Waals surface area contributed by atoms with Crippen molar-refractivity contribution in [2.45, 2.75) is 25.2 Å². The molecule has 1 aromatic rings. The van der Waals surface area contributed by atoms with Gasteiger partial charge in [-0.3, -0.25) is 19.2 Å². The van der Waals surface area contributed by atoms with Crippen molar-refractivity contribution in [3.8, 4) is 0 Å². The Balaban J connectivity index is 1.62. The molecule has 9 heteroatoms. The Hall–Kier alpha value is -2.97. The van der Waals surface area contributed by atoms with Crippen molar-refractivity contribution in [3.05, 3.63) is 29.6 Å². The van der Waals surface area contributed by atoms with E-state index in [4.69, 9.17) is 10.5 Å². The van der Waals surface area contributed by atoms with Crippen molar-refractivity contribution >= 4 is 29.4 Å². The second-order valence-electron chi connectivity index (χ2n) is 6.73. The van der Waals surface area contributed by atoms with Crippen LogP contribution in [0.4, 0.5) is 10.1 Å². The van der Waals surface area contributed by atoms with Crippen LogP contribution in [0.15, 0.2) is 18.2 Å². The number of hydrogen-bond donors (Lipinski definition) is 2. The van der Waals surface area contributed by atoms with Crippen LogP contribution in [0.5, 0.6) is 0 Å². The number of rotatable bonds is 4. The highest BCUT2D eigenvalue weighted by molar-refractivity contribution is 6.00. The summed E-state index contributed by atoms with van der Waals surface area (Å²) in [5.74, 6) is -3.87. The molecule has 0 radical (unpaired) electrons. The summed E-state index contributed by atoms with van der Waals surface area (Å²) in [6, 6.07) is 3.74. The zero-order chi connectivity index (χ0) is 19.6. The monoisotopic (exact) mass is 377 g/mol. The molecule has 3 rings (SSSR count). The van der Waals surface area contributed by atoms with Crippen molar-refractivity contribution < 1.29 is 28.3 Å². The zero-order valence-corrected chi connectivity index (χ0v) is 14.6. The van der Waals surface area contributed by atoms with E-state index < -0.39 is 48.0 Å². The van der Waals surface area contributed by atoms with E-state index in [9.17, 15) is 23.6 Å². The molecule has 3 N–H and O–H groups in total. The standard InChI is InChI=1S/C18H20FN3O5/c19-11-3-4-12-13(7-15(23)21-14(12)6-11)18(26)27-9-16(24)22-5-1-2-10(8-22)17(20)25/h3-4,6,10,13H,1-2,5,7-9H2,(H2,20,25)(H,21,23)/t10-,13-/m1/s1. The Kier molecular flexibility index (Phi) is 5.38. The summed E-state index contributed by atoms with van der Waals surface area (Å²) in [5.41, 5.74) is 5.96. The smallest absolute Gasteiger partial charge is 0.314 e. The van der Waals surface area contributed by atoms with E-state index in [0.717, 1.165) is 6.07 Å². The third-order valence-electron chi connectivity index (χ3n) is 4.85. The summed E-state index contributed by atoms with van der Waals surface area (Å²) >= 11 is 0. The molecular formula is C18H20FN3O5. The summed E-state index contributed by atoms with van der Waals surface area (Å²) in [4.78, 5) is 49.2. The van der Waals surface area contributed by atoms with Gasteiger partial charge in [0.2, 0.25) is 11.8 Å². The molecule has 0 bridgehead atoms. The summed E-state index contributed by atoms with van der Waals surface area (Å²) in [6.45, 7) is 0.187. The third kappa shape index (κ3) is 4.24. The van der Waals surface area contributed by atoms with Crippen LogP contribution in [-0.4, -0.2) is 48.3 Å². The van der Waals surface area contributed by atoms with Crippen LogP contribution in [0.2, 0.25) is 0 Å². The fourth-order valence-corrected chi connectivity index (χ4v) is 3.41. The number of primary amides is 1. The molecule has 2 aliphatic heterocycles. The maximum absolute atomic E-state index is 13.3. The number of ether oxygens (including phenoxy) is 1. The predicted octanol–water partition coefficient (Wildman–Crippen LogP) is 0.519. The molecule has 144 valence electrons. The molecule has 3 amide bonds. The van der Waals surface area contributed by atoms with E-state index in [-0.39, 0.29) is 18.7 Å². The van der Waals surface area contributed by atoms with Gasteiger partial charge in [-0.25, -0.2) is 4.39 Å². The van der Waals surface area contributed by atoms with E-state index in [1.807, 2.05) is 0 Å². The van der Waals surface area contributed by atoms with Gasteiger partial charge in [0.25, 0.3) is 5.91 Å². The predicted molar refractivity (Wildman–Crippen MR) is 91.8 cm³/mol. The van der Waals surface area contributed by atoms with Crippen LogP contribution >= 0.6 is 0 Å². The van der Waals surface area contributed by atoms with Crippen LogP contribution in [0.3, 0.4) is 0 Å². The van der Waals surface area contributed by atoms with Crippen molar-refractivity contribution in [1.29, 1.82) is 0 Å². The van der Waals surface area contributed by atoms with E-state index in [0.29, 0.717) is 24.9 Å². The summed E-state index contributed by atoms with van der Waals surface area (Å²) in [5, 5.41) is 2.51. The van der Waals surface area contributed by atoms with Crippen molar-refractivity contribution in [2.75, 3.05) is 25.0 Å². The molecule has 0 saturated carbocycles. The molecule has 0 spiro atoms. The fraction of sp³-hybridized carbons (Fsp3) is 0.444. The lowest BCUT2D eigenvalue weighted by atomic mass is 9.90. The second kappa shape index (κ2) is 7.73. The Morgan fingerprint density at radius 1 is 1.33 bits per heavy atom. The number of likely N-dealkylation sites (tertiary alicyclic amines) is 1. The number of amides is 3. The SMILES string of the molecule is NC(=O)[C@@H]1CCCN(C(=O)COC(=O)[C@@H]2CC(=O)Nc3cc(F)ccc32)C1. The number of fused-ring (bicyclic) bond motifs is 1. The number of nitrogens with zero attached hydrogens (tertiary/aromatic N) is 1. The van der Waals surface area contributed by atoms with Crippen molar-refractivity contribution in [1.82, 2.24) is 4.90 Å². The summed E-state index contributed by atoms with van der Waals surface area (Å²) in [7, 11) is 0. The minimum atomic E-state index is -0.901. The lowest BCUT2D eigenvalue weighted by Crippen LogP contribution is -2.45. The number of anilines is 1. The Bertz CT molecular complexity index is 797. The molecule has 1 saturated heterocycles. The third-order valence-corrected chi connectivity index (χ3v) is 4.85. The Morgan fingerprint density at radius 3 is 2.85 bits per heavy atom. The van der Waals surface area contributed by atoms with Gasteiger partial charge in [0.15, 0.2) is 6.61 Å². The zero-order valence-electron chi connectivity index (χ0n) is 14.6. The molecule has 8 nitrogen and oxygen atoms in total. The van der Waals surface area contributed by atoms with Crippen LogP contribution in [0, 0.1) is 11.7 Å². The molecule has 2 heterocycles. The van der Waals surface area contributed by atoms with E-state index in [2.05, 4.69) is 5.32 Å². The number of hydrogen-bond acceptors (Lipinski definition) is 5. The highest BCUT2D eigenvalue weighted by atomic mass is 19.1. The van der Waals surface area contributed by atoms with Gasteiger partial charge >= 0.3 is 5.97 Å². The van der Waals surface area contributed by atoms with Gasteiger partial charge in [0.1, 0.15) is 5.82 Å². The van der Waals surface area contributed by atoms with Gasteiger partial charge in [0, 0.05) is 25.2 Å². The first kappa shape index (κ1) is 18.8. The second-order valence-corrected chi connectivity index (χ2v) is 6.73. The van der Waals surface area contributed by atoms with Gasteiger partial charge in [-0.1, -0.05) is 6.07 Å². The van der Waals surface area contributed by atoms with Gasteiger partial charge in [-0.05, 0) is 30.5 Å². The number of halogens is 1. The minimum absolute atomic E-state index is 0.140. The average molecular weight is 377 g/mol. The summed E-state index contributed by atoms with van der Waals surface area (Å²) in [6.07, 6.45) is 1.14. The van der Waals surface area contributed by atoms with E-state index in [1.165, 1.54) is 17.0 Å². The van der Waals surface area contributed by atoms with Crippen LogP contribution in [0.1, 0.15) is 30.7 Å². The molecular weight excluding hydrogens is 357 g/mol. The molecule has 2 aliphatic rings. The van der Waals surface area contributed by atoms with Gasteiger partial charge in [-0.15, -0.1) is 0 Å². The topological polar surface area (TPSA) is 119 Å². The van der Waals surface area contributed by atoms with Gasteiger partial charge < -0.3 is 20.7 Å². The number of benzene rings is 1. The Morgan fingerprint density at radius 2 is 2.11 bits per heavy atom. The lowest BCUT2D eigenvalue weighted by Gasteiger charge is -2.31. The van der Waals surface area contributed by atoms with E-state index in [1.54, 1.807) is 0 Å². The van der Waals surface area contributed by atoms with Crippen LogP contribution in [-0.2, 0) is 23.9 Å². The Labute approximate surface area is 154 Å². The maximum Gasteiger partial charge on any atom is 0.314 e. The quantitative estimate of drug-likeness (QED) is 0.742. The first-order valence-corrected chi connectivity index (χ1v) is 8.68. The lowest BCUT2D eigenvalue weighted by molar-refractivity contribution is -0.155. The van der Waals surface area contributed by atoms with Crippen molar-refractivity contribution in [2.24, 2.45) is 11.7 Å². The maximum atomic E-state index is 13.3. The van der Waals surface area contributed by atoms with Crippen LogP contribution in [0.25, 0.3) is 0 Å². The molecule has 27 heavy (non-hydrogen) atoms. The molecule has 2 atom stereocenters. The molecule has 1 aromatic carbocycles. The van der Waals surface area contributed by atoms with Gasteiger partial charge in [0.05, 0.1) is 11.8 Å². The molecule has 1 fully saturated rings. The van der Waals surface area contributed by atoms with Crippen LogP contribution < -0.4 is 11.1 Å². The highest BCUT2D eigenvalue weighted by Gasteiger charge is 2.33. The molecule has 0 unspecified atom stereocenters. The minimum Gasteiger partial charge on any atom is -0.455 e. The van der Waals surface area contributed by atoms with Gasteiger partial charge in [-0.2, -0.15) is 0 Å².